The zero-order valence-electron chi connectivity index (χ0n) is 7.90. The van der Waals surface area contributed by atoms with Gasteiger partial charge in [0.1, 0.15) is 0 Å². The largest absolute Gasteiger partial charge is 0.388 e. The topological polar surface area (TPSA) is 62.0 Å². The number of nitrogens with one attached hydrogen (secondary N) is 1. The molecule has 74 valence electrons. The van der Waals surface area contributed by atoms with Crippen molar-refractivity contribution in [1.82, 2.24) is 4.98 Å². The maximum atomic E-state index is 9.72. The summed E-state index contributed by atoms with van der Waals surface area (Å²) >= 11 is 0. The predicted octanol–water partition coefficient (Wildman–Crippen LogP) is 1.55. The van der Waals surface area contributed by atoms with Gasteiger partial charge in [0.2, 0.25) is 0 Å². The highest BCUT2D eigenvalue weighted by atomic mass is 16.3. The highest BCUT2D eigenvalue weighted by Gasteiger charge is 2.06. The molecule has 1 heterocycles. The van der Waals surface area contributed by atoms with Crippen molar-refractivity contribution >= 4 is 10.9 Å². The molecule has 0 spiro atoms. The fourth-order valence-electron chi connectivity index (χ4n) is 1.60. The van der Waals surface area contributed by atoms with E-state index in [1.807, 2.05) is 30.5 Å². The van der Waals surface area contributed by atoms with E-state index in [1.54, 1.807) is 0 Å². The molecule has 14 heavy (non-hydrogen) atoms. The summed E-state index contributed by atoms with van der Waals surface area (Å²) < 4.78 is 0. The van der Waals surface area contributed by atoms with Crippen molar-refractivity contribution in [2.45, 2.75) is 12.5 Å². The van der Waals surface area contributed by atoms with Crippen LogP contribution in [0.1, 0.15) is 18.1 Å². The summed E-state index contributed by atoms with van der Waals surface area (Å²) in [6, 6.07) is 7.92. The molecule has 0 saturated heterocycles. The van der Waals surface area contributed by atoms with Gasteiger partial charge in [-0.2, -0.15) is 0 Å². The summed E-state index contributed by atoms with van der Waals surface area (Å²) in [4.78, 5) is 3.11. The van der Waals surface area contributed by atoms with Crippen LogP contribution in [-0.4, -0.2) is 16.6 Å². The lowest BCUT2D eigenvalue weighted by Crippen LogP contribution is -2.06. The smallest absolute Gasteiger partial charge is 0.0802 e. The Hall–Kier alpha value is -1.32. The van der Waals surface area contributed by atoms with Crippen molar-refractivity contribution in [3.05, 3.63) is 36.0 Å². The number of hydrogen-bond donors (Lipinski definition) is 3. The minimum atomic E-state index is -0.451. The van der Waals surface area contributed by atoms with Crippen LogP contribution >= 0.6 is 0 Å². The number of nitrogens with two attached hydrogens (primary N) is 1. The van der Waals surface area contributed by atoms with Crippen LogP contribution in [0.4, 0.5) is 0 Å². The summed E-state index contributed by atoms with van der Waals surface area (Å²) in [7, 11) is 0. The molecule has 0 unspecified atom stereocenters. The van der Waals surface area contributed by atoms with E-state index in [0.717, 1.165) is 16.5 Å². The molecule has 1 aromatic heterocycles. The summed E-state index contributed by atoms with van der Waals surface area (Å²) in [5.41, 5.74) is 7.37. The zero-order chi connectivity index (χ0) is 9.97. The van der Waals surface area contributed by atoms with Gasteiger partial charge in [0.25, 0.3) is 0 Å². The monoisotopic (exact) mass is 190 g/mol. The number of rotatable bonds is 3. The highest BCUT2D eigenvalue weighted by Crippen LogP contribution is 2.20. The molecule has 0 radical (unpaired) electrons. The Kier molecular flexibility index (Phi) is 2.52. The van der Waals surface area contributed by atoms with Crippen LogP contribution in [0.25, 0.3) is 10.9 Å². The van der Waals surface area contributed by atoms with E-state index in [-0.39, 0.29) is 0 Å². The van der Waals surface area contributed by atoms with Gasteiger partial charge in [0, 0.05) is 11.7 Å². The average Bonchev–Trinajstić information content (AvgIpc) is 2.64. The number of H-pyrrole nitrogens is 1. The number of fused-ring (bicyclic) bond motifs is 1. The Labute approximate surface area is 82.6 Å². The molecule has 0 fully saturated rings. The van der Waals surface area contributed by atoms with E-state index < -0.39 is 6.10 Å². The number of aliphatic hydroxyl groups is 1. The fraction of sp³-hybridized carbons (Fsp3) is 0.273. The minimum absolute atomic E-state index is 0.451. The molecule has 0 saturated carbocycles. The van der Waals surface area contributed by atoms with Crippen LogP contribution in [0.5, 0.6) is 0 Å². The van der Waals surface area contributed by atoms with Gasteiger partial charge in [0.15, 0.2) is 0 Å². The third-order valence-electron chi connectivity index (χ3n) is 2.40. The molecule has 2 rings (SSSR count). The number of aromatic nitrogens is 1. The third-order valence-corrected chi connectivity index (χ3v) is 2.40. The standard InChI is InChI=1S/C11H14N2O/c12-5-3-11(14)9-2-1-8-4-6-13-10(8)7-9/h1-2,4,6-7,11,13-14H,3,5,12H2/t11-/m1/s1. The van der Waals surface area contributed by atoms with Gasteiger partial charge in [-0.1, -0.05) is 12.1 Å². The first kappa shape index (κ1) is 9.24. The molecule has 2 aromatic rings. The van der Waals surface area contributed by atoms with E-state index >= 15 is 0 Å². The normalized spacial score (nSPS) is 13.3. The van der Waals surface area contributed by atoms with Gasteiger partial charge in [0.05, 0.1) is 6.10 Å². The maximum Gasteiger partial charge on any atom is 0.0802 e. The van der Waals surface area contributed by atoms with Crippen LogP contribution in [0.15, 0.2) is 30.5 Å². The molecule has 0 aliphatic heterocycles. The molecule has 4 N–H and O–H groups in total. The molecule has 3 nitrogen and oxygen atoms in total. The Morgan fingerprint density at radius 3 is 3.00 bits per heavy atom. The quantitative estimate of drug-likeness (QED) is 0.687. The van der Waals surface area contributed by atoms with Gasteiger partial charge in [-0.3, -0.25) is 0 Å². The van der Waals surface area contributed by atoms with Crippen LogP contribution in [0, 0.1) is 0 Å². The van der Waals surface area contributed by atoms with Crippen molar-refractivity contribution < 1.29 is 5.11 Å². The fourth-order valence-corrected chi connectivity index (χ4v) is 1.60. The summed E-state index contributed by atoms with van der Waals surface area (Å²) in [6.07, 6.45) is 2.04. The number of benzene rings is 1. The van der Waals surface area contributed by atoms with E-state index in [9.17, 15) is 5.11 Å². The van der Waals surface area contributed by atoms with Gasteiger partial charge in [-0.15, -0.1) is 0 Å². The Morgan fingerprint density at radius 1 is 1.36 bits per heavy atom. The van der Waals surface area contributed by atoms with E-state index in [4.69, 9.17) is 5.73 Å². The first-order chi connectivity index (χ1) is 6.81. The van der Waals surface area contributed by atoms with E-state index in [1.165, 1.54) is 0 Å². The van der Waals surface area contributed by atoms with Gasteiger partial charge >= 0.3 is 0 Å². The first-order valence-corrected chi connectivity index (χ1v) is 4.76. The second-order valence-corrected chi connectivity index (χ2v) is 3.42. The molecule has 0 bridgehead atoms. The highest BCUT2D eigenvalue weighted by molar-refractivity contribution is 5.79. The van der Waals surface area contributed by atoms with Crippen molar-refractivity contribution in [2.24, 2.45) is 5.73 Å². The first-order valence-electron chi connectivity index (χ1n) is 4.76. The summed E-state index contributed by atoms with van der Waals surface area (Å²) in [5, 5.41) is 10.9. The van der Waals surface area contributed by atoms with Gasteiger partial charge in [-0.25, -0.2) is 0 Å². The SMILES string of the molecule is NCC[C@@H](O)c1ccc2cc[nH]c2c1. The Morgan fingerprint density at radius 2 is 2.21 bits per heavy atom. The lowest BCUT2D eigenvalue weighted by atomic mass is 10.1. The van der Waals surface area contributed by atoms with Crippen molar-refractivity contribution in [2.75, 3.05) is 6.54 Å². The van der Waals surface area contributed by atoms with Gasteiger partial charge < -0.3 is 15.8 Å². The van der Waals surface area contributed by atoms with Crippen molar-refractivity contribution in [3.8, 4) is 0 Å². The second-order valence-electron chi connectivity index (χ2n) is 3.42. The molecule has 3 heteroatoms. The molecular weight excluding hydrogens is 176 g/mol. The molecule has 1 aromatic carbocycles. The van der Waals surface area contributed by atoms with Gasteiger partial charge in [-0.05, 0) is 36.0 Å². The zero-order valence-corrected chi connectivity index (χ0v) is 7.90. The molecule has 1 atom stereocenters. The van der Waals surface area contributed by atoms with Crippen LogP contribution in [0.2, 0.25) is 0 Å². The lowest BCUT2D eigenvalue weighted by Gasteiger charge is -2.09. The third kappa shape index (κ3) is 1.64. The molecule has 0 aliphatic rings. The van der Waals surface area contributed by atoms with Crippen LogP contribution in [0.3, 0.4) is 0 Å². The lowest BCUT2D eigenvalue weighted by molar-refractivity contribution is 0.170. The maximum absolute atomic E-state index is 9.72. The molecule has 0 amide bonds. The summed E-state index contributed by atoms with van der Waals surface area (Å²) in [6.45, 7) is 0.504. The van der Waals surface area contributed by atoms with Crippen LogP contribution < -0.4 is 5.73 Å². The Bertz CT molecular complexity index is 422. The molecular formula is C11H14N2O. The van der Waals surface area contributed by atoms with Crippen molar-refractivity contribution in [3.63, 3.8) is 0 Å². The minimum Gasteiger partial charge on any atom is -0.388 e. The van der Waals surface area contributed by atoms with Crippen LogP contribution in [-0.2, 0) is 0 Å². The van der Waals surface area contributed by atoms with E-state index in [0.29, 0.717) is 13.0 Å². The Balaban J connectivity index is 2.33. The number of hydrogen-bond acceptors (Lipinski definition) is 2. The number of aliphatic hydroxyl groups excluding tert-OH is 1. The average molecular weight is 190 g/mol. The summed E-state index contributed by atoms with van der Waals surface area (Å²) in [5.74, 6) is 0. The van der Waals surface area contributed by atoms with Crippen molar-refractivity contribution in [1.29, 1.82) is 0 Å². The van der Waals surface area contributed by atoms with E-state index in [2.05, 4.69) is 4.98 Å². The predicted molar refractivity (Wildman–Crippen MR) is 56.9 cm³/mol. The number of aromatic amines is 1. The second kappa shape index (κ2) is 3.82. The molecule has 0 aliphatic carbocycles.